The Kier molecular flexibility index (Phi) is 25.4. The van der Waals surface area contributed by atoms with E-state index in [4.69, 9.17) is 112 Å². The zero-order valence-electron chi connectivity index (χ0n) is 65.2. The van der Waals surface area contributed by atoms with Crippen molar-refractivity contribution in [2.45, 2.75) is 229 Å². The van der Waals surface area contributed by atoms with Crippen LogP contribution in [0.2, 0.25) is 0 Å². The van der Waals surface area contributed by atoms with Crippen LogP contribution in [0, 0.1) is 68.0 Å². The van der Waals surface area contributed by atoms with E-state index < -0.39 is 173 Å². The maximum Gasteiger partial charge on any atom is 0.509 e. The number of carbonyl (C=O) groups excluding carboxylic acids is 7. The van der Waals surface area contributed by atoms with Crippen molar-refractivity contribution in [1.29, 1.82) is 0 Å². The number of likely N-dealkylation sites (N-methyl/N-ethyl adjacent to an activating group) is 1. The first-order valence-corrected chi connectivity index (χ1v) is 40.1. The number of piperazine rings is 1. The Labute approximate surface area is 665 Å². The predicted molar refractivity (Wildman–Crippen MR) is 408 cm³/mol. The molecule has 108 heavy (non-hydrogen) atoms. The van der Waals surface area contributed by atoms with Crippen LogP contribution in [-0.4, -0.2) is 201 Å². The van der Waals surface area contributed by atoms with Crippen LogP contribution in [0.1, 0.15) is 172 Å². The highest BCUT2D eigenvalue weighted by Gasteiger charge is 2.75. The van der Waals surface area contributed by atoms with Crippen molar-refractivity contribution in [3.05, 3.63) is 94.1 Å². The molecule has 4 saturated carbocycles. The summed E-state index contributed by atoms with van der Waals surface area (Å²) in [5, 5.41) is 38.0. The van der Waals surface area contributed by atoms with Crippen LogP contribution in [0.4, 0.5) is 9.59 Å². The number of aliphatic hydroxyl groups excluding tert-OH is 1. The Hall–Kier alpha value is -4.33. The predicted octanol–water partition coefficient (Wildman–Crippen LogP) is 14.0. The lowest BCUT2D eigenvalue weighted by atomic mass is 9.40. The van der Waals surface area contributed by atoms with Gasteiger partial charge in [-0.05, 0) is 105 Å². The Bertz CT molecular complexity index is 3770. The van der Waals surface area contributed by atoms with Gasteiger partial charge in [0.25, 0.3) is 0 Å². The van der Waals surface area contributed by atoms with E-state index in [0.29, 0.717) is 65.9 Å². The molecule has 2 unspecified atom stereocenters. The Morgan fingerprint density at radius 3 is 1.36 bits per heavy atom. The Morgan fingerprint density at radius 1 is 0.583 bits per heavy atom. The molecule has 0 radical (unpaired) electrons. The van der Waals surface area contributed by atoms with Gasteiger partial charge < -0.3 is 67.8 Å². The van der Waals surface area contributed by atoms with Crippen LogP contribution < -0.4 is 0 Å². The van der Waals surface area contributed by atoms with Gasteiger partial charge >= 0.3 is 30.2 Å². The monoisotopic (exact) mass is 1620 g/mol. The third-order valence-corrected chi connectivity index (χ3v) is 28.2. The minimum Gasteiger partial charge on any atom is -0.461 e. The summed E-state index contributed by atoms with van der Waals surface area (Å²) in [4.78, 5) is 103. The number of halogens is 6. The molecule has 27 heteroatoms. The number of nitrogens with zero attached hydrogens (tertiary/aromatic N) is 2. The summed E-state index contributed by atoms with van der Waals surface area (Å²) in [6, 6.07) is 18.0. The SMILES string of the molecule is CC1=C2[C@@H](C)C(=O)[C@@]3(C)C([C@H](C)[C@](O)(C[C@@H]1OC(=O)[C@H](OC(=O)OCC(Cl)(Cl)Cl)[C@@H](C)c1ccccc1)C2(C)C)[C@]1(C)CO[C@@H]1C[C@@H]3O.CC1=C2[C@@H](C)C(=O)[C@@]3(C)C([C@H](C)[C@](O)(C[C@@H]1OC(=O)[C@H](OC(=O)OCC(Cl)(Cl)Cl)[C@@H](C)c1ccccc1)C2(C)C)[C@]1(C)CO[C@@H]1C[C@@H]3OC(=O)CCCN1CCN(C)CC1. The first-order valence-electron chi connectivity index (χ1n) is 37.8. The summed E-state index contributed by atoms with van der Waals surface area (Å²) in [6.45, 7) is 34.7. The van der Waals surface area contributed by atoms with Crippen LogP contribution in [0.3, 0.4) is 0 Å². The second kappa shape index (κ2) is 31.8. The second-order valence-corrected chi connectivity index (χ2v) is 39.5. The molecule has 2 aromatic rings. The van der Waals surface area contributed by atoms with Gasteiger partial charge in [0.05, 0.1) is 53.6 Å². The molecule has 0 amide bonds. The number of hydrogen-bond acceptors (Lipinski definition) is 21. The fraction of sp³-hybridized carbons (Fsp3) is 0.716. The van der Waals surface area contributed by atoms with Gasteiger partial charge in [0.2, 0.25) is 19.8 Å². The van der Waals surface area contributed by atoms with Gasteiger partial charge in [-0.1, -0.05) is 213 Å². The van der Waals surface area contributed by atoms with Crippen molar-refractivity contribution in [2.75, 3.05) is 66.2 Å². The van der Waals surface area contributed by atoms with Gasteiger partial charge in [-0.15, -0.1) is 0 Å². The maximum absolute atomic E-state index is 15.5. The molecule has 7 fully saturated rings. The van der Waals surface area contributed by atoms with E-state index in [2.05, 4.69) is 30.7 Å². The van der Waals surface area contributed by atoms with Crippen molar-refractivity contribution in [3.63, 3.8) is 0 Å². The molecule has 3 heterocycles. The average molecular weight is 1630 g/mol. The molecular weight excluding hydrogens is 1520 g/mol. The molecule has 3 saturated heterocycles. The van der Waals surface area contributed by atoms with Crippen molar-refractivity contribution >= 4 is 111 Å². The fourth-order valence-electron chi connectivity index (χ4n) is 21.6. The molecule has 22 atom stereocenters. The molecule has 6 aliphatic carbocycles. The molecule has 3 aliphatic heterocycles. The number of alkyl halides is 6. The number of aliphatic hydroxyl groups is 3. The summed E-state index contributed by atoms with van der Waals surface area (Å²) in [5.74, 6) is -7.05. The number of fused-ring (bicyclic) bond motifs is 10. The molecule has 2 aromatic carbocycles. The number of benzene rings is 2. The van der Waals surface area contributed by atoms with Crippen molar-refractivity contribution in [1.82, 2.24) is 9.80 Å². The summed E-state index contributed by atoms with van der Waals surface area (Å²) < 4.78 is 48.3. The topological polar surface area (TPSA) is 270 Å². The molecule has 3 N–H and O–H groups in total. The van der Waals surface area contributed by atoms with Gasteiger partial charge in [0.1, 0.15) is 43.1 Å². The lowest BCUT2D eigenvalue weighted by molar-refractivity contribution is -0.303. The van der Waals surface area contributed by atoms with E-state index in [0.717, 1.165) is 32.7 Å². The molecule has 9 aliphatic rings. The lowest BCUT2D eigenvalue weighted by Gasteiger charge is -2.69. The highest BCUT2D eigenvalue weighted by Crippen LogP contribution is 2.70. The van der Waals surface area contributed by atoms with Crippen molar-refractivity contribution in [2.24, 2.45) is 68.0 Å². The average Bonchev–Trinajstić information content (AvgIpc) is 0.679. The lowest BCUT2D eigenvalue weighted by Crippen LogP contribution is -2.74. The van der Waals surface area contributed by atoms with E-state index in [9.17, 15) is 44.1 Å². The summed E-state index contributed by atoms with van der Waals surface area (Å²) in [5.41, 5.74) is -4.14. The molecular formula is C81H110Cl6N2O19. The quantitative estimate of drug-likeness (QED) is 0.0575. The minimum absolute atomic E-state index is 0.00176. The Balaban J connectivity index is 0.000000236. The van der Waals surface area contributed by atoms with Gasteiger partial charge in [0, 0.05) is 104 Å². The van der Waals surface area contributed by atoms with Gasteiger partial charge in [-0.3, -0.25) is 14.4 Å². The number of hydrogen-bond donors (Lipinski definition) is 3. The van der Waals surface area contributed by atoms with Gasteiger partial charge in [-0.2, -0.15) is 0 Å². The van der Waals surface area contributed by atoms with Gasteiger partial charge in [0.15, 0.2) is 0 Å². The van der Waals surface area contributed by atoms with Crippen LogP contribution in [0.5, 0.6) is 0 Å². The van der Waals surface area contributed by atoms with E-state index in [1.165, 1.54) is 0 Å². The number of esters is 3. The van der Waals surface area contributed by atoms with Crippen molar-refractivity contribution < 1.29 is 91.5 Å². The van der Waals surface area contributed by atoms with E-state index in [1.807, 2.05) is 95.2 Å². The number of carbonyl (C=O) groups is 7. The normalized spacial score (nSPS) is 36.8. The number of ketones is 2. The molecule has 4 bridgehead atoms. The van der Waals surface area contributed by atoms with Crippen LogP contribution in [0.25, 0.3) is 0 Å². The fourth-order valence-corrected chi connectivity index (χ4v) is 21.9. The standard InChI is InChI=1S/C45H63Cl3N2O10.C36H47Cl3O9/c1-26(30-14-11-10-12-15-30)36(60-40(54)57-25-45(46,47)48)39(53)58-31-23-44(55)29(4)37-42(7)24-56-32(42)22-33(59-34(51)16-13-17-50-20-18-49(9)19-21-50)43(37,8)38(52)28(3)35(27(31)2)41(44,5)6;1-18(22-12-10-9-11-13-22)27(48-31(43)46-17-36(37,38)39)30(42)47-23-15-35(44)21(4)28-33(7)16-45-25(33)14-24(40)34(28,8)29(41)20(3)26(19(23)2)32(35,5)6/h10-12,14-15,26,28-29,31-33,36-37,55H,13,16-25H2,1-9H3;9-13,18,20-21,23-25,27-28,40,44H,14-17H2,1-8H3/t26-,28+,29-,31-,32+,33-,36+,37?,42+,43+,44+;18-,20+,21-,23-,24-,25+,27+,28?,33+,34+,35+/m00/s1. The summed E-state index contributed by atoms with van der Waals surface area (Å²) in [6.07, 6.45) is -7.93. The van der Waals surface area contributed by atoms with Crippen LogP contribution >= 0.6 is 69.6 Å². The second-order valence-electron chi connectivity index (χ2n) is 34.4. The number of Topliss-reactive ketones (excluding diaryl/α,β-unsaturated/α-hetero) is 2. The smallest absolute Gasteiger partial charge is 0.461 e. The van der Waals surface area contributed by atoms with Crippen molar-refractivity contribution in [3.8, 4) is 0 Å². The van der Waals surface area contributed by atoms with Crippen LogP contribution in [-0.2, 0) is 66.6 Å². The van der Waals surface area contributed by atoms with Gasteiger partial charge in [-0.25, -0.2) is 19.2 Å². The molecule has 21 nitrogen and oxygen atoms in total. The highest BCUT2D eigenvalue weighted by molar-refractivity contribution is 6.68. The molecule has 0 aromatic heterocycles. The third-order valence-electron chi connectivity index (χ3n) is 27.6. The molecule has 600 valence electrons. The van der Waals surface area contributed by atoms with E-state index >= 15 is 4.79 Å². The zero-order chi connectivity index (χ0) is 79.9. The Morgan fingerprint density at radius 2 is 0.972 bits per heavy atom. The highest BCUT2D eigenvalue weighted by atomic mass is 35.6. The minimum atomic E-state index is -1.91. The molecule has 0 spiro atoms. The molecule has 11 rings (SSSR count). The largest absolute Gasteiger partial charge is 0.509 e. The summed E-state index contributed by atoms with van der Waals surface area (Å²) >= 11 is 34.6. The first-order chi connectivity index (χ1) is 50.1. The first kappa shape index (κ1) is 86.1. The van der Waals surface area contributed by atoms with E-state index in [1.54, 1.807) is 62.4 Å². The summed E-state index contributed by atoms with van der Waals surface area (Å²) in [7, 11) is 2.11. The van der Waals surface area contributed by atoms with E-state index in [-0.39, 0.29) is 49.0 Å². The number of rotatable bonds is 17. The van der Waals surface area contributed by atoms with Crippen LogP contribution in [0.15, 0.2) is 83.0 Å². The zero-order valence-corrected chi connectivity index (χ0v) is 69.7. The maximum atomic E-state index is 15.5. The third kappa shape index (κ3) is 15.8. The number of ether oxygens (including phenoxy) is 9.